The van der Waals surface area contributed by atoms with Crippen LogP contribution in [0.1, 0.15) is 24.2 Å². The van der Waals surface area contributed by atoms with Gasteiger partial charge in [0.2, 0.25) is 0 Å². The van der Waals surface area contributed by atoms with Gasteiger partial charge in [0.05, 0.1) is 5.54 Å². The summed E-state index contributed by atoms with van der Waals surface area (Å²) in [5, 5.41) is 11.3. The molecule has 0 bridgehead atoms. The standard InChI is InChI=1S/C13H15NO3/c1-13(2,9-8-11(15)16)14-12(17)10-6-4-3-5-7-10/h3-9H,1-2H3,(H,14,17)(H,15,16). The summed E-state index contributed by atoms with van der Waals surface area (Å²) in [4.78, 5) is 22.2. The predicted molar refractivity (Wildman–Crippen MR) is 64.8 cm³/mol. The van der Waals surface area contributed by atoms with Crippen molar-refractivity contribution >= 4 is 11.9 Å². The average Bonchev–Trinajstić information content (AvgIpc) is 2.27. The van der Waals surface area contributed by atoms with Crippen LogP contribution in [-0.2, 0) is 4.79 Å². The average molecular weight is 233 g/mol. The largest absolute Gasteiger partial charge is 0.478 e. The van der Waals surface area contributed by atoms with Gasteiger partial charge in [0, 0.05) is 11.6 Å². The smallest absolute Gasteiger partial charge is 0.328 e. The molecular weight excluding hydrogens is 218 g/mol. The molecule has 4 nitrogen and oxygen atoms in total. The maximum absolute atomic E-state index is 11.8. The number of aliphatic carboxylic acids is 1. The van der Waals surface area contributed by atoms with E-state index < -0.39 is 11.5 Å². The zero-order chi connectivity index (χ0) is 12.9. The van der Waals surface area contributed by atoms with Gasteiger partial charge in [-0.3, -0.25) is 4.79 Å². The van der Waals surface area contributed by atoms with Crippen molar-refractivity contribution in [3.63, 3.8) is 0 Å². The van der Waals surface area contributed by atoms with E-state index in [9.17, 15) is 9.59 Å². The van der Waals surface area contributed by atoms with Crippen LogP contribution in [0.2, 0.25) is 0 Å². The van der Waals surface area contributed by atoms with Crippen LogP contribution in [0, 0.1) is 0 Å². The third-order valence-electron chi connectivity index (χ3n) is 2.11. The molecule has 0 aliphatic rings. The molecule has 0 aliphatic carbocycles. The Morgan fingerprint density at radius 3 is 2.35 bits per heavy atom. The highest BCUT2D eigenvalue weighted by atomic mass is 16.4. The van der Waals surface area contributed by atoms with Crippen LogP contribution in [0.3, 0.4) is 0 Å². The molecule has 4 heteroatoms. The van der Waals surface area contributed by atoms with Crippen molar-refractivity contribution in [1.82, 2.24) is 5.32 Å². The van der Waals surface area contributed by atoms with Gasteiger partial charge in [-0.1, -0.05) is 24.3 Å². The van der Waals surface area contributed by atoms with Crippen molar-refractivity contribution in [2.24, 2.45) is 0 Å². The summed E-state index contributed by atoms with van der Waals surface area (Å²) < 4.78 is 0. The topological polar surface area (TPSA) is 66.4 Å². The molecule has 2 N–H and O–H groups in total. The lowest BCUT2D eigenvalue weighted by Crippen LogP contribution is -2.41. The molecule has 0 aromatic heterocycles. The number of benzene rings is 1. The fourth-order valence-corrected chi connectivity index (χ4v) is 1.28. The van der Waals surface area contributed by atoms with Gasteiger partial charge in [-0.15, -0.1) is 0 Å². The Hall–Kier alpha value is -2.10. The van der Waals surface area contributed by atoms with Crippen molar-refractivity contribution in [3.05, 3.63) is 48.0 Å². The lowest BCUT2D eigenvalue weighted by atomic mass is 10.0. The summed E-state index contributed by atoms with van der Waals surface area (Å²) in [6, 6.07) is 8.77. The van der Waals surface area contributed by atoms with Crippen molar-refractivity contribution in [3.8, 4) is 0 Å². The molecule has 0 saturated carbocycles. The van der Waals surface area contributed by atoms with E-state index in [0.29, 0.717) is 5.56 Å². The molecule has 0 saturated heterocycles. The highest BCUT2D eigenvalue weighted by Gasteiger charge is 2.17. The first kappa shape index (κ1) is 13.0. The van der Waals surface area contributed by atoms with Crippen LogP contribution in [0.4, 0.5) is 0 Å². The Morgan fingerprint density at radius 1 is 1.24 bits per heavy atom. The van der Waals surface area contributed by atoms with Crippen LogP contribution in [0.25, 0.3) is 0 Å². The second-order valence-electron chi connectivity index (χ2n) is 4.21. The summed E-state index contributed by atoms with van der Waals surface area (Å²) in [5.41, 5.74) is -0.157. The van der Waals surface area contributed by atoms with Gasteiger partial charge in [-0.25, -0.2) is 4.79 Å². The summed E-state index contributed by atoms with van der Waals surface area (Å²) in [7, 11) is 0. The van der Waals surface area contributed by atoms with Crippen LogP contribution in [0.5, 0.6) is 0 Å². The lowest BCUT2D eigenvalue weighted by molar-refractivity contribution is -0.131. The number of nitrogens with one attached hydrogen (secondary N) is 1. The van der Waals surface area contributed by atoms with Crippen LogP contribution in [0.15, 0.2) is 42.5 Å². The quantitative estimate of drug-likeness (QED) is 0.780. The lowest BCUT2D eigenvalue weighted by Gasteiger charge is -2.22. The number of carbonyl (C=O) groups is 2. The maximum Gasteiger partial charge on any atom is 0.328 e. The Bertz CT molecular complexity index is 435. The van der Waals surface area contributed by atoms with Gasteiger partial charge < -0.3 is 10.4 Å². The Labute approximate surface area is 100.0 Å². The van der Waals surface area contributed by atoms with Crippen molar-refractivity contribution < 1.29 is 14.7 Å². The molecule has 1 rings (SSSR count). The van der Waals surface area contributed by atoms with Crippen LogP contribution < -0.4 is 5.32 Å². The van der Waals surface area contributed by atoms with E-state index in [1.807, 2.05) is 6.07 Å². The second kappa shape index (κ2) is 5.30. The third-order valence-corrected chi connectivity index (χ3v) is 2.11. The number of amides is 1. The second-order valence-corrected chi connectivity index (χ2v) is 4.21. The van der Waals surface area contributed by atoms with Crippen LogP contribution >= 0.6 is 0 Å². The zero-order valence-corrected chi connectivity index (χ0v) is 9.81. The Kier molecular flexibility index (Phi) is 4.04. The summed E-state index contributed by atoms with van der Waals surface area (Å²) in [6.45, 7) is 3.46. The van der Waals surface area contributed by atoms with Crippen molar-refractivity contribution in [2.45, 2.75) is 19.4 Å². The molecule has 0 radical (unpaired) electrons. The van der Waals surface area contributed by atoms with E-state index in [1.165, 1.54) is 6.08 Å². The van der Waals surface area contributed by atoms with Gasteiger partial charge in [-0.05, 0) is 26.0 Å². The number of carboxylic acids is 1. The van der Waals surface area contributed by atoms with E-state index in [4.69, 9.17) is 5.11 Å². The number of hydrogen-bond acceptors (Lipinski definition) is 2. The number of carboxylic acid groups (broad SMARTS) is 1. The van der Waals surface area contributed by atoms with Gasteiger partial charge in [0.25, 0.3) is 5.91 Å². The highest BCUT2D eigenvalue weighted by molar-refractivity contribution is 5.94. The predicted octanol–water partition coefficient (Wildman–Crippen LogP) is 1.84. The minimum Gasteiger partial charge on any atom is -0.478 e. The summed E-state index contributed by atoms with van der Waals surface area (Å²) in [5.74, 6) is -1.27. The molecule has 0 aliphatic heterocycles. The van der Waals surface area contributed by atoms with E-state index in [0.717, 1.165) is 6.08 Å². The van der Waals surface area contributed by atoms with E-state index in [2.05, 4.69) is 5.32 Å². The molecule has 0 atom stereocenters. The highest BCUT2D eigenvalue weighted by Crippen LogP contribution is 2.07. The fraction of sp³-hybridized carbons (Fsp3) is 0.231. The number of hydrogen-bond donors (Lipinski definition) is 2. The fourth-order valence-electron chi connectivity index (χ4n) is 1.28. The van der Waals surface area contributed by atoms with E-state index in [1.54, 1.807) is 38.1 Å². The van der Waals surface area contributed by atoms with Gasteiger partial charge >= 0.3 is 5.97 Å². The SMILES string of the molecule is CC(C)(C=CC(=O)O)NC(=O)c1ccccc1. The van der Waals surface area contributed by atoms with Crippen molar-refractivity contribution in [1.29, 1.82) is 0 Å². The van der Waals surface area contributed by atoms with E-state index >= 15 is 0 Å². The van der Waals surface area contributed by atoms with Gasteiger partial charge in [0.15, 0.2) is 0 Å². The molecule has 0 heterocycles. The molecule has 1 amide bonds. The minimum absolute atomic E-state index is 0.231. The molecule has 90 valence electrons. The van der Waals surface area contributed by atoms with Gasteiger partial charge in [-0.2, -0.15) is 0 Å². The third kappa shape index (κ3) is 4.51. The first-order valence-electron chi connectivity index (χ1n) is 5.20. The normalized spacial score (nSPS) is 11.4. The molecule has 1 aromatic rings. The summed E-state index contributed by atoms with van der Waals surface area (Å²) >= 11 is 0. The maximum atomic E-state index is 11.8. The van der Waals surface area contributed by atoms with Crippen molar-refractivity contribution in [2.75, 3.05) is 0 Å². The number of carbonyl (C=O) groups excluding carboxylic acids is 1. The van der Waals surface area contributed by atoms with E-state index in [-0.39, 0.29) is 5.91 Å². The first-order chi connectivity index (χ1) is 7.91. The molecular formula is C13H15NO3. The van der Waals surface area contributed by atoms with Gasteiger partial charge in [0.1, 0.15) is 0 Å². The first-order valence-corrected chi connectivity index (χ1v) is 5.20. The molecule has 1 aromatic carbocycles. The Morgan fingerprint density at radius 2 is 1.82 bits per heavy atom. The Balaban J connectivity index is 2.71. The monoisotopic (exact) mass is 233 g/mol. The molecule has 17 heavy (non-hydrogen) atoms. The summed E-state index contributed by atoms with van der Waals surface area (Å²) in [6.07, 6.45) is 2.46. The minimum atomic E-state index is -1.04. The molecule has 0 spiro atoms. The molecule has 0 fully saturated rings. The molecule has 0 unspecified atom stereocenters. The zero-order valence-electron chi connectivity index (χ0n) is 9.81. The number of rotatable bonds is 4. The van der Waals surface area contributed by atoms with Crippen LogP contribution in [-0.4, -0.2) is 22.5 Å².